The molecule has 3 aromatic rings. The van der Waals surface area contributed by atoms with Crippen molar-refractivity contribution in [2.75, 3.05) is 41.4 Å². The van der Waals surface area contributed by atoms with Crippen molar-refractivity contribution >= 4 is 5.91 Å². The number of amides is 1. The van der Waals surface area contributed by atoms with Crippen molar-refractivity contribution in [2.24, 2.45) is 0 Å². The van der Waals surface area contributed by atoms with E-state index in [1.807, 2.05) is 73.0 Å². The monoisotopic (exact) mass is 505 g/mol. The highest BCUT2D eigenvalue weighted by Gasteiger charge is 2.30. The SMILES string of the molecule is COc1ccc(COc2cn(Cc3ccc(OC)cc3C)c(C(=O)N3CC[C@@H](N(C)C)C3)cc2=O)cc1. The van der Waals surface area contributed by atoms with E-state index in [2.05, 4.69) is 4.90 Å². The number of rotatable bonds is 9. The number of carbonyl (C=O) groups is 1. The summed E-state index contributed by atoms with van der Waals surface area (Å²) in [4.78, 5) is 30.6. The van der Waals surface area contributed by atoms with Gasteiger partial charge in [0.05, 0.1) is 20.4 Å². The number of benzene rings is 2. The number of aromatic nitrogens is 1. The maximum absolute atomic E-state index is 13.6. The normalized spacial score (nSPS) is 15.2. The van der Waals surface area contributed by atoms with Gasteiger partial charge in [-0.1, -0.05) is 18.2 Å². The fourth-order valence-corrected chi connectivity index (χ4v) is 4.53. The molecule has 196 valence electrons. The molecule has 0 unspecified atom stereocenters. The van der Waals surface area contributed by atoms with Gasteiger partial charge in [0.25, 0.3) is 5.91 Å². The van der Waals surface area contributed by atoms with Crippen LogP contribution in [0.1, 0.15) is 33.6 Å². The summed E-state index contributed by atoms with van der Waals surface area (Å²) < 4.78 is 18.3. The van der Waals surface area contributed by atoms with E-state index in [1.165, 1.54) is 6.07 Å². The number of hydrogen-bond donors (Lipinski definition) is 0. The van der Waals surface area contributed by atoms with Gasteiger partial charge >= 0.3 is 0 Å². The first-order chi connectivity index (χ1) is 17.8. The van der Waals surface area contributed by atoms with E-state index in [9.17, 15) is 9.59 Å². The van der Waals surface area contributed by atoms with E-state index in [0.29, 0.717) is 31.4 Å². The molecule has 1 aromatic heterocycles. The highest BCUT2D eigenvalue weighted by molar-refractivity contribution is 5.93. The fraction of sp³-hybridized carbons (Fsp3) is 0.379. The van der Waals surface area contributed by atoms with Crippen molar-refractivity contribution in [2.45, 2.75) is 32.5 Å². The van der Waals surface area contributed by atoms with E-state index in [4.69, 9.17) is 14.2 Å². The van der Waals surface area contributed by atoms with Crippen LogP contribution in [0.15, 0.2) is 59.5 Å². The van der Waals surface area contributed by atoms with Crippen LogP contribution in [-0.2, 0) is 13.2 Å². The Balaban J connectivity index is 1.64. The van der Waals surface area contributed by atoms with Crippen molar-refractivity contribution in [3.63, 3.8) is 0 Å². The first-order valence-corrected chi connectivity index (χ1v) is 12.4. The van der Waals surface area contributed by atoms with Crippen LogP contribution in [0, 0.1) is 6.92 Å². The summed E-state index contributed by atoms with van der Waals surface area (Å²) in [6.45, 7) is 3.95. The molecule has 0 spiro atoms. The Morgan fingerprint density at radius 2 is 1.73 bits per heavy atom. The van der Waals surface area contributed by atoms with E-state index < -0.39 is 0 Å². The molecule has 4 rings (SSSR count). The Morgan fingerprint density at radius 1 is 1.03 bits per heavy atom. The zero-order chi connectivity index (χ0) is 26.5. The molecule has 1 fully saturated rings. The first-order valence-electron chi connectivity index (χ1n) is 12.4. The van der Waals surface area contributed by atoms with Crippen LogP contribution in [0.5, 0.6) is 17.2 Å². The van der Waals surface area contributed by atoms with Gasteiger partial charge in [-0.15, -0.1) is 0 Å². The lowest BCUT2D eigenvalue weighted by Crippen LogP contribution is -2.36. The molecule has 8 heteroatoms. The fourth-order valence-electron chi connectivity index (χ4n) is 4.53. The topological polar surface area (TPSA) is 73.2 Å². The molecule has 2 aromatic carbocycles. The number of hydrogen-bond acceptors (Lipinski definition) is 6. The van der Waals surface area contributed by atoms with E-state index in [0.717, 1.165) is 34.6 Å². The minimum absolute atomic E-state index is 0.144. The molecular weight excluding hydrogens is 470 g/mol. The average molecular weight is 506 g/mol. The number of pyridine rings is 1. The van der Waals surface area contributed by atoms with Gasteiger partial charge in [-0.2, -0.15) is 0 Å². The van der Waals surface area contributed by atoms with Crippen LogP contribution in [-0.4, -0.2) is 67.7 Å². The Bertz CT molecular complexity index is 1300. The largest absolute Gasteiger partial charge is 0.497 e. The highest BCUT2D eigenvalue weighted by Crippen LogP contribution is 2.22. The predicted octanol–water partition coefficient (Wildman–Crippen LogP) is 3.58. The number of likely N-dealkylation sites (tertiary alicyclic amines) is 1. The predicted molar refractivity (Wildman–Crippen MR) is 143 cm³/mol. The van der Waals surface area contributed by atoms with Crippen LogP contribution < -0.4 is 19.6 Å². The maximum Gasteiger partial charge on any atom is 0.270 e. The lowest BCUT2D eigenvalue weighted by molar-refractivity contribution is 0.0771. The maximum atomic E-state index is 13.6. The standard InChI is InChI=1S/C29H35N3O5/c1-20-14-25(36-5)11-8-22(20)16-32-18-28(37-19-21-6-9-24(35-4)10-7-21)27(33)15-26(32)29(34)31-13-12-23(17-31)30(2)3/h6-11,14-15,18,23H,12-13,16-17,19H2,1-5H3/t23-/m1/s1. The quantitative estimate of drug-likeness (QED) is 0.443. The molecule has 1 amide bonds. The van der Waals surface area contributed by atoms with Crippen LogP contribution in [0.2, 0.25) is 0 Å². The molecule has 0 radical (unpaired) electrons. The summed E-state index contributed by atoms with van der Waals surface area (Å²) >= 11 is 0. The molecule has 1 saturated heterocycles. The van der Waals surface area contributed by atoms with Crippen molar-refractivity contribution in [1.29, 1.82) is 0 Å². The van der Waals surface area contributed by atoms with E-state index in [-0.39, 0.29) is 23.7 Å². The van der Waals surface area contributed by atoms with Gasteiger partial charge in [0.2, 0.25) is 5.43 Å². The van der Waals surface area contributed by atoms with Crippen molar-refractivity contribution in [3.05, 3.63) is 87.3 Å². The summed E-state index contributed by atoms with van der Waals surface area (Å²) in [5.41, 5.74) is 3.00. The molecule has 1 aliphatic heterocycles. The second-order valence-electron chi connectivity index (χ2n) is 9.60. The third-order valence-electron chi connectivity index (χ3n) is 6.94. The van der Waals surface area contributed by atoms with Gasteiger partial charge in [-0.25, -0.2) is 0 Å². The Kier molecular flexibility index (Phi) is 8.18. The smallest absolute Gasteiger partial charge is 0.270 e. The second kappa shape index (κ2) is 11.5. The third kappa shape index (κ3) is 6.14. The van der Waals surface area contributed by atoms with Gasteiger partial charge in [0, 0.05) is 31.7 Å². The van der Waals surface area contributed by atoms with E-state index >= 15 is 0 Å². The molecule has 0 aliphatic carbocycles. The van der Waals surface area contributed by atoms with Gasteiger partial charge in [-0.3, -0.25) is 9.59 Å². The summed E-state index contributed by atoms with van der Waals surface area (Å²) in [7, 11) is 7.30. The number of methoxy groups -OCH3 is 2. The molecule has 0 N–H and O–H groups in total. The number of aryl methyl sites for hydroxylation is 1. The van der Waals surface area contributed by atoms with Crippen molar-refractivity contribution in [3.8, 4) is 17.2 Å². The van der Waals surface area contributed by atoms with Gasteiger partial charge in [-0.05, 0) is 68.4 Å². The number of likely N-dealkylation sites (N-methyl/N-ethyl adjacent to an activating group) is 1. The zero-order valence-electron chi connectivity index (χ0n) is 22.2. The molecule has 2 heterocycles. The van der Waals surface area contributed by atoms with Crippen LogP contribution in [0.3, 0.4) is 0 Å². The summed E-state index contributed by atoms with van der Waals surface area (Å²) in [5.74, 6) is 1.58. The van der Waals surface area contributed by atoms with Crippen molar-refractivity contribution in [1.82, 2.24) is 14.4 Å². The molecule has 37 heavy (non-hydrogen) atoms. The van der Waals surface area contributed by atoms with Crippen LogP contribution >= 0.6 is 0 Å². The van der Waals surface area contributed by atoms with Crippen molar-refractivity contribution < 1.29 is 19.0 Å². The number of ether oxygens (including phenoxy) is 3. The van der Waals surface area contributed by atoms with Crippen LogP contribution in [0.25, 0.3) is 0 Å². The van der Waals surface area contributed by atoms with Gasteiger partial charge in [0.15, 0.2) is 5.75 Å². The van der Waals surface area contributed by atoms with Crippen LogP contribution in [0.4, 0.5) is 0 Å². The Labute approximate surface area is 218 Å². The van der Waals surface area contributed by atoms with Gasteiger partial charge < -0.3 is 28.6 Å². The minimum atomic E-state index is -0.317. The van der Waals surface area contributed by atoms with E-state index in [1.54, 1.807) is 20.4 Å². The third-order valence-corrected chi connectivity index (χ3v) is 6.94. The Hall–Kier alpha value is -3.78. The number of nitrogens with zero attached hydrogens (tertiary/aromatic N) is 3. The molecule has 8 nitrogen and oxygen atoms in total. The first kappa shape index (κ1) is 26.3. The summed E-state index contributed by atoms with van der Waals surface area (Å²) in [6, 6.07) is 15.0. The molecule has 0 bridgehead atoms. The second-order valence-corrected chi connectivity index (χ2v) is 9.60. The average Bonchev–Trinajstić information content (AvgIpc) is 3.40. The minimum Gasteiger partial charge on any atom is -0.497 e. The van der Waals surface area contributed by atoms with Gasteiger partial charge in [0.1, 0.15) is 23.8 Å². The summed E-state index contributed by atoms with van der Waals surface area (Å²) in [6.07, 6.45) is 2.56. The molecule has 1 atom stereocenters. The molecule has 1 aliphatic rings. The lowest BCUT2D eigenvalue weighted by Gasteiger charge is -2.23. The molecule has 0 saturated carbocycles. The zero-order valence-corrected chi connectivity index (χ0v) is 22.2. The lowest BCUT2D eigenvalue weighted by atomic mass is 10.1. The molecular formula is C29H35N3O5. The number of carbonyl (C=O) groups excluding carboxylic acids is 1. The summed E-state index contributed by atoms with van der Waals surface area (Å²) in [5, 5.41) is 0. The highest BCUT2D eigenvalue weighted by atomic mass is 16.5. The Morgan fingerprint density at radius 3 is 2.35 bits per heavy atom.